The van der Waals surface area contributed by atoms with Crippen molar-refractivity contribution in [2.45, 2.75) is 18.5 Å². The molecular weight excluding hydrogens is 509 g/mol. The maximum absolute atomic E-state index is 13.4. The van der Waals surface area contributed by atoms with E-state index in [-0.39, 0.29) is 28.6 Å². The average molecular weight is 534 g/mol. The molecule has 0 radical (unpaired) electrons. The number of aromatic amines is 1. The maximum atomic E-state index is 13.4. The number of aromatic hydroxyl groups is 1. The number of hydrogen-bond donors (Lipinski definition) is 6. The second kappa shape index (κ2) is 11.6. The zero-order valence-corrected chi connectivity index (χ0v) is 20.3. The minimum Gasteiger partial charge on any atom is -0.503 e. The van der Waals surface area contributed by atoms with Crippen LogP contribution in [-0.2, 0) is 16.0 Å². The Bertz CT molecular complexity index is 1590. The Morgan fingerprint density at radius 1 is 0.923 bits per heavy atom. The number of nitrogens with one attached hydrogen (secondary N) is 3. The lowest BCUT2D eigenvalue weighted by molar-refractivity contribution is -0.143. The fraction of sp³-hybridized carbons (Fsp3) is 0.143. The van der Waals surface area contributed by atoms with Crippen molar-refractivity contribution in [1.29, 1.82) is 0 Å². The highest BCUT2D eigenvalue weighted by Crippen LogP contribution is 2.27. The molecule has 0 saturated heterocycles. The summed E-state index contributed by atoms with van der Waals surface area (Å²) in [6.07, 6.45) is 0.0309. The molecule has 0 aliphatic heterocycles. The van der Waals surface area contributed by atoms with Gasteiger partial charge in [-0.15, -0.1) is 0 Å². The standard InChI is InChI=1S/C28H24FN3O7/c29-18-9-6-16(7-10-18)23-25(35)24(34)19-11-8-17(13-20(19)30-23)26(36)31-21(12-15-4-2-1-3-5-15)27(37)32-22(14-33)28(38)39/h1-11,13,21-22,33,35H,12,14H2,(H,30,34)(H,31,36)(H,32,37)(H,38,39). The SMILES string of the molecule is O=C(NC(Cc1ccccc1)C(=O)NC(CO)C(=O)O)c1ccc2c(=O)c(O)c(-c3ccc(F)cc3)[nH]c2c1. The highest BCUT2D eigenvalue weighted by molar-refractivity contribution is 6.01. The van der Waals surface area contributed by atoms with E-state index in [1.165, 1.54) is 42.5 Å². The van der Waals surface area contributed by atoms with Gasteiger partial charge in [0.05, 0.1) is 17.8 Å². The van der Waals surface area contributed by atoms with Gasteiger partial charge in [0.25, 0.3) is 5.91 Å². The Morgan fingerprint density at radius 2 is 1.62 bits per heavy atom. The van der Waals surface area contributed by atoms with Crippen molar-refractivity contribution < 1.29 is 34.1 Å². The maximum Gasteiger partial charge on any atom is 0.328 e. The molecule has 200 valence electrons. The summed E-state index contributed by atoms with van der Waals surface area (Å²) in [5, 5.41) is 33.8. The molecule has 4 rings (SSSR count). The number of benzene rings is 3. The summed E-state index contributed by atoms with van der Waals surface area (Å²) in [5.41, 5.74) is 0.655. The molecule has 0 fully saturated rings. The van der Waals surface area contributed by atoms with Crippen LogP contribution in [0.4, 0.5) is 4.39 Å². The number of halogens is 1. The summed E-state index contributed by atoms with van der Waals surface area (Å²) in [6.45, 7) is -0.839. The summed E-state index contributed by atoms with van der Waals surface area (Å²) >= 11 is 0. The van der Waals surface area contributed by atoms with Gasteiger partial charge in [0, 0.05) is 22.9 Å². The van der Waals surface area contributed by atoms with Crippen molar-refractivity contribution in [1.82, 2.24) is 15.6 Å². The number of carbonyl (C=O) groups excluding carboxylic acids is 2. The number of aromatic nitrogens is 1. The van der Waals surface area contributed by atoms with Gasteiger partial charge in [-0.3, -0.25) is 14.4 Å². The lowest BCUT2D eigenvalue weighted by Crippen LogP contribution is -2.53. The molecule has 3 aromatic carbocycles. The van der Waals surface area contributed by atoms with Crippen LogP contribution >= 0.6 is 0 Å². The molecule has 2 atom stereocenters. The first kappa shape index (κ1) is 27.0. The van der Waals surface area contributed by atoms with E-state index in [0.29, 0.717) is 11.1 Å². The van der Waals surface area contributed by atoms with E-state index >= 15 is 0 Å². The zero-order valence-electron chi connectivity index (χ0n) is 20.3. The smallest absolute Gasteiger partial charge is 0.328 e. The lowest BCUT2D eigenvalue weighted by Gasteiger charge is -2.21. The molecule has 0 aliphatic rings. The third-order valence-electron chi connectivity index (χ3n) is 6.07. The van der Waals surface area contributed by atoms with E-state index in [9.17, 15) is 38.9 Å². The highest BCUT2D eigenvalue weighted by atomic mass is 19.1. The average Bonchev–Trinajstić information content (AvgIpc) is 2.93. The van der Waals surface area contributed by atoms with E-state index in [1.54, 1.807) is 30.3 Å². The van der Waals surface area contributed by atoms with Crippen molar-refractivity contribution in [2.24, 2.45) is 0 Å². The Labute approximate surface area is 220 Å². The van der Waals surface area contributed by atoms with Crippen molar-refractivity contribution >= 4 is 28.7 Å². The van der Waals surface area contributed by atoms with Gasteiger partial charge < -0.3 is 30.9 Å². The first-order valence-electron chi connectivity index (χ1n) is 11.8. The topological polar surface area (TPSA) is 169 Å². The number of carbonyl (C=O) groups is 3. The second-order valence-electron chi connectivity index (χ2n) is 8.74. The van der Waals surface area contributed by atoms with Gasteiger partial charge in [-0.2, -0.15) is 0 Å². The van der Waals surface area contributed by atoms with Crippen molar-refractivity contribution in [2.75, 3.05) is 6.61 Å². The van der Waals surface area contributed by atoms with Gasteiger partial charge in [0.1, 0.15) is 17.9 Å². The summed E-state index contributed by atoms with van der Waals surface area (Å²) in [6, 6.07) is 15.1. The summed E-state index contributed by atoms with van der Waals surface area (Å²) in [5.74, 6) is -4.01. The number of pyridine rings is 1. The molecule has 11 heteroatoms. The van der Waals surface area contributed by atoms with Crippen LogP contribution in [0.2, 0.25) is 0 Å². The van der Waals surface area contributed by atoms with E-state index in [4.69, 9.17) is 0 Å². The monoisotopic (exact) mass is 533 g/mol. The third-order valence-corrected chi connectivity index (χ3v) is 6.07. The molecular formula is C28H24FN3O7. The molecule has 0 aliphatic carbocycles. The molecule has 1 aromatic heterocycles. The third kappa shape index (κ3) is 6.11. The van der Waals surface area contributed by atoms with Gasteiger partial charge in [0.2, 0.25) is 11.3 Å². The Hall–Kier alpha value is -5.03. The Morgan fingerprint density at radius 3 is 2.26 bits per heavy atom. The normalized spacial score (nSPS) is 12.5. The van der Waals surface area contributed by atoms with Crippen LogP contribution in [0.15, 0.2) is 77.6 Å². The number of hydrogen-bond acceptors (Lipinski definition) is 6. The number of rotatable bonds is 9. The van der Waals surface area contributed by atoms with Crippen LogP contribution in [0.3, 0.4) is 0 Å². The van der Waals surface area contributed by atoms with E-state index in [0.717, 1.165) is 0 Å². The van der Waals surface area contributed by atoms with E-state index < -0.39 is 53.5 Å². The number of carboxylic acids is 1. The van der Waals surface area contributed by atoms with Gasteiger partial charge >= 0.3 is 5.97 Å². The number of H-pyrrole nitrogens is 1. The summed E-state index contributed by atoms with van der Waals surface area (Å²) in [4.78, 5) is 53.0. The van der Waals surface area contributed by atoms with Crippen LogP contribution in [-0.4, -0.2) is 56.8 Å². The van der Waals surface area contributed by atoms with Crippen LogP contribution in [0.25, 0.3) is 22.2 Å². The van der Waals surface area contributed by atoms with Gasteiger partial charge in [-0.1, -0.05) is 30.3 Å². The number of aliphatic hydroxyl groups excluding tert-OH is 1. The zero-order chi connectivity index (χ0) is 28.1. The fourth-order valence-corrected chi connectivity index (χ4v) is 4.01. The lowest BCUT2D eigenvalue weighted by atomic mass is 10.0. The fourth-order valence-electron chi connectivity index (χ4n) is 4.01. The van der Waals surface area contributed by atoms with Gasteiger partial charge in [-0.05, 0) is 48.0 Å². The molecule has 2 amide bonds. The molecule has 6 N–H and O–H groups in total. The van der Waals surface area contributed by atoms with Gasteiger partial charge in [-0.25, -0.2) is 9.18 Å². The first-order chi connectivity index (χ1) is 18.7. The molecule has 2 unspecified atom stereocenters. The van der Waals surface area contributed by atoms with Crippen molar-refractivity contribution in [3.8, 4) is 17.0 Å². The molecule has 10 nitrogen and oxygen atoms in total. The predicted molar refractivity (Wildman–Crippen MR) is 140 cm³/mol. The van der Waals surface area contributed by atoms with Crippen LogP contribution in [0.1, 0.15) is 15.9 Å². The highest BCUT2D eigenvalue weighted by Gasteiger charge is 2.27. The Balaban J connectivity index is 1.66. The molecule has 0 spiro atoms. The van der Waals surface area contributed by atoms with E-state index in [2.05, 4.69) is 15.6 Å². The number of aliphatic hydroxyl groups is 1. The molecule has 0 bridgehead atoms. The van der Waals surface area contributed by atoms with E-state index in [1.807, 2.05) is 0 Å². The van der Waals surface area contributed by atoms with Crippen LogP contribution < -0.4 is 16.1 Å². The Kier molecular flexibility index (Phi) is 8.01. The largest absolute Gasteiger partial charge is 0.503 e. The quantitative estimate of drug-likeness (QED) is 0.191. The second-order valence-corrected chi connectivity index (χ2v) is 8.74. The minimum absolute atomic E-state index is 0.0309. The minimum atomic E-state index is -1.56. The molecule has 1 heterocycles. The van der Waals surface area contributed by atoms with Crippen LogP contribution in [0, 0.1) is 5.82 Å². The van der Waals surface area contributed by atoms with Crippen molar-refractivity contribution in [3.63, 3.8) is 0 Å². The number of amides is 2. The first-order valence-corrected chi connectivity index (χ1v) is 11.8. The molecule has 4 aromatic rings. The predicted octanol–water partition coefficient (Wildman–Crippen LogP) is 1.94. The molecule has 0 saturated carbocycles. The number of fused-ring (bicyclic) bond motifs is 1. The number of carboxylic acid groups (broad SMARTS) is 1. The summed E-state index contributed by atoms with van der Waals surface area (Å²) < 4.78 is 13.4. The number of aliphatic carboxylic acids is 1. The molecule has 39 heavy (non-hydrogen) atoms. The van der Waals surface area contributed by atoms with Gasteiger partial charge in [0.15, 0.2) is 5.75 Å². The van der Waals surface area contributed by atoms with Crippen molar-refractivity contribution in [3.05, 3.63) is 100.0 Å². The summed E-state index contributed by atoms with van der Waals surface area (Å²) in [7, 11) is 0. The van der Waals surface area contributed by atoms with Crippen LogP contribution in [0.5, 0.6) is 5.75 Å².